The molecule has 8 nitrogen and oxygen atoms in total. The van der Waals surface area contributed by atoms with E-state index in [1.807, 2.05) is 42.5 Å². The van der Waals surface area contributed by atoms with Crippen LogP contribution < -0.4 is 0 Å². The van der Waals surface area contributed by atoms with Crippen LogP contribution in [0, 0.1) is 66.1 Å². The predicted octanol–water partition coefficient (Wildman–Crippen LogP) is 22.0. The second-order valence-electron chi connectivity index (χ2n) is 28.2. The highest BCUT2D eigenvalue weighted by atomic mass is 15.0. The molecule has 0 atom stereocenters. The molecule has 0 radical (unpaired) electrons. The molecular weight excluding hydrogens is 1170 g/mol. The van der Waals surface area contributed by atoms with E-state index < -0.39 is 0 Å². The maximum Gasteiger partial charge on any atom is 0.104 e. The highest BCUT2D eigenvalue weighted by Gasteiger charge is 2.28. The number of hydrogen-bond acceptors (Lipinski definition) is 4. The molecule has 4 heterocycles. The second kappa shape index (κ2) is 22.0. The number of aryl methyl sites for hydroxylation is 3. The monoisotopic (exact) mass is 1230 g/mol. The van der Waals surface area contributed by atoms with Gasteiger partial charge in [-0.1, -0.05) is 155 Å². The van der Waals surface area contributed by atoms with Gasteiger partial charge in [0.05, 0.1) is 90.1 Å². The molecule has 0 unspecified atom stereocenters. The molecule has 4 aromatic heterocycles. The van der Waals surface area contributed by atoms with Crippen LogP contribution in [0.2, 0.25) is 0 Å². The Morgan fingerprint density at radius 1 is 0.281 bits per heavy atom. The van der Waals surface area contributed by atoms with Gasteiger partial charge in [0.15, 0.2) is 0 Å². The summed E-state index contributed by atoms with van der Waals surface area (Å²) in [6.07, 6.45) is 0.630. The van der Waals surface area contributed by atoms with Gasteiger partial charge in [0, 0.05) is 43.1 Å². The molecule has 0 saturated carbocycles. The molecule has 0 aliphatic rings. The van der Waals surface area contributed by atoms with Gasteiger partial charge in [-0.05, 0) is 210 Å². The van der Waals surface area contributed by atoms with Crippen LogP contribution in [0.4, 0.5) is 0 Å². The maximum atomic E-state index is 11.9. The fraction of sp³-hybridized carbons (Fsp3) is 0.136. The first-order valence-electron chi connectivity index (χ1n) is 32.7. The quantitative estimate of drug-likeness (QED) is 0.151. The average molecular weight is 1240 g/mol. The van der Waals surface area contributed by atoms with E-state index in [1.165, 1.54) is 11.1 Å². The molecule has 458 valence electrons. The summed E-state index contributed by atoms with van der Waals surface area (Å²) in [4.78, 5) is 0. The first-order valence-corrected chi connectivity index (χ1v) is 32.7. The van der Waals surface area contributed by atoms with Gasteiger partial charge in [-0.2, -0.15) is 21.0 Å². The van der Waals surface area contributed by atoms with Gasteiger partial charge >= 0.3 is 0 Å². The molecule has 0 saturated heterocycles. The lowest BCUT2D eigenvalue weighted by Gasteiger charge is -2.21. The highest BCUT2D eigenvalue weighted by Crippen LogP contribution is 2.45. The van der Waals surface area contributed by atoms with Crippen molar-refractivity contribution in [2.45, 2.75) is 79.6 Å². The SMILES string of the molecule is Cc1ccc2c(c1)c1cc(C)ccc1n2-c1cc(-c2cccc(C#N)c2)cc(-n2c3ccc(C)cc3c3cc(Cc4ccc5c(c4)c4ccc(C(C)(C)C)cc4n5-c4cc(-c5cccc(C#N)c5)cc(-n5c6ccccc6c6ccc(C(C)(C)C)cc65)c4C#N)ccc32)c1C#N. The summed E-state index contributed by atoms with van der Waals surface area (Å²) < 4.78 is 9.10. The number of nitriles is 4. The number of para-hydroxylation sites is 1. The summed E-state index contributed by atoms with van der Waals surface area (Å²) in [6, 6.07) is 89.6. The molecule has 16 rings (SSSR count). The average Bonchev–Trinajstić information content (AvgIpc) is 1.56. The normalized spacial score (nSPS) is 12.0. The van der Waals surface area contributed by atoms with Crippen molar-refractivity contribution in [3.63, 3.8) is 0 Å². The standard InChI is InChI=1S/C88H66N8/c1-52-20-29-76-68(34-52)69-35-53(2)21-30-77(69)93(76)81-42-61(59-16-12-14-57(38-59)48-89)43-82(73(81)50-91)94-78-31-22-54(3)36-70(78)72-41-56(24-33-80(72)94)37-55-23-32-79-71(40-55)67-28-26-64(88(7,8)9)47-86(67)96(79)84-45-62(60-17-13-15-58(39-60)49-90)44-83(74(84)51-92)95-75-19-11-10-18-65(75)66-27-25-63(46-85(66)95)87(4,5)6/h10-36,38-47H,37H2,1-9H3. The zero-order valence-electron chi connectivity index (χ0n) is 55.1. The van der Waals surface area contributed by atoms with Crippen LogP contribution in [0.1, 0.15) is 103 Å². The topological polar surface area (TPSA) is 115 Å². The van der Waals surface area contributed by atoms with Crippen LogP contribution in [0.25, 0.3) is 132 Å². The molecule has 0 bridgehead atoms. The van der Waals surface area contributed by atoms with Crippen LogP contribution in [0.5, 0.6) is 0 Å². The lowest BCUT2D eigenvalue weighted by atomic mass is 9.86. The number of rotatable bonds is 8. The summed E-state index contributed by atoms with van der Waals surface area (Å²) in [5, 5.41) is 52.8. The van der Waals surface area contributed by atoms with Crippen LogP contribution in [0.3, 0.4) is 0 Å². The minimum atomic E-state index is -0.187. The molecule has 12 aromatic carbocycles. The number of aromatic nitrogens is 4. The lowest BCUT2D eigenvalue weighted by Crippen LogP contribution is -2.11. The van der Waals surface area contributed by atoms with Crippen molar-refractivity contribution < 1.29 is 0 Å². The van der Waals surface area contributed by atoms with Crippen LogP contribution >= 0.6 is 0 Å². The third-order valence-electron chi connectivity index (χ3n) is 19.7. The Hall–Kier alpha value is -12.2. The summed E-state index contributed by atoms with van der Waals surface area (Å²) in [7, 11) is 0. The van der Waals surface area contributed by atoms with E-state index in [1.54, 1.807) is 0 Å². The van der Waals surface area contributed by atoms with Crippen LogP contribution in [0.15, 0.2) is 224 Å². The van der Waals surface area contributed by atoms with Crippen LogP contribution in [-0.4, -0.2) is 18.3 Å². The van der Waals surface area contributed by atoms with Gasteiger partial charge < -0.3 is 18.3 Å². The molecule has 0 N–H and O–H groups in total. The van der Waals surface area contributed by atoms with Crippen molar-refractivity contribution in [1.82, 2.24) is 18.3 Å². The molecule has 96 heavy (non-hydrogen) atoms. The largest absolute Gasteiger partial charge is 0.308 e. The summed E-state index contributed by atoms with van der Waals surface area (Å²) >= 11 is 0. The molecule has 0 fully saturated rings. The van der Waals surface area contributed by atoms with E-state index in [0.717, 1.165) is 160 Å². The van der Waals surface area contributed by atoms with Crippen molar-refractivity contribution in [3.05, 3.63) is 286 Å². The van der Waals surface area contributed by atoms with Gasteiger partial charge in [0.1, 0.15) is 23.3 Å². The molecule has 16 aromatic rings. The van der Waals surface area contributed by atoms with E-state index in [-0.39, 0.29) is 10.8 Å². The first kappa shape index (κ1) is 58.9. The summed E-state index contributed by atoms with van der Waals surface area (Å²) in [5.74, 6) is 0. The third-order valence-corrected chi connectivity index (χ3v) is 19.7. The fourth-order valence-corrected chi connectivity index (χ4v) is 14.9. The number of nitrogens with zero attached hydrogens (tertiary/aromatic N) is 8. The third kappa shape index (κ3) is 9.44. The van der Waals surface area contributed by atoms with E-state index in [9.17, 15) is 21.0 Å². The molecule has 0 amide bonds. The fourth-order valence-electron chi connectivity index (χ4n) is 14.9. The van der Waals surface area contributed by atoms with Gasteiger partial charge in [0.2, 0.25) is 0 Å². The number of benzene rings is 12. The van der Waals surface area contributed by atoms with Crippen molar-refractivity contribution in [1.29, 1.82) is 21.0 Å². The minimum absolute atomic E-state index is 0.136. The summed E-state index contributed by atoms with van der Waals surface area (Å²) in [5.41, 5.74) is 24.4. The molecule has 8 heteroatoms. The Morgan fingerprint density at radius 3 is 1.02 bits per heavy atom. The van der Waals surface area contributed by atoms with Crippen molar-refractivity contribution in [3.8, 4) is 69.3 Å². The van der Waals surface area contributed by atoms with Gasteiger partial charge in [-0.25, -0.2) is 0 Å². The Balaban J connectivity index is 0.893. The Kier molecular flexibility index (Phi) is 13.5. The van der Waals surface area contributed by atoms with Crippen LogP contribution in [-0.2, 0) is 17.3 Å². The smallest absolute Gasteiger partial charge is 0.104 e. The van der Waals surface area contributed by atoms with Crippen molar-refractivity contribution >= 4 is 87.2 Å². The Labute approximate surface area is 557 Å². The Bertz CT molecular complexity index is 6170. The minimum Gasteiger partial charge on any atom is -0.308 e. The van der Waals surface area contributed by atoms with Gasteiger partial charge in [-0.15, -0.1) is 0 Å². The second-order valence-corrected chi connectivity index (χ2v) is 28.2. The number of hydrogen-bond donors (Lipinski definition) is 0. The van der Waals surface area contributed by atoms with Gasteiger partial charge in [0.25, 0.3) is 0 Å². The van der Waals surface area contributed by atoms with E-state index in [4.69, 9.17) is 0 Å². The highest BCUT2D eigenvalue weighted by molar-refractivity contribution is 6.14. The van der Waals surface area contributed by atoms with Gasteiger partial charge in [-0.3, -0.25) is 0 Å². The lowest BCUT2D eigenvalue weighted by molar-refractivity contribution is 0.590. The first-order chi connectivity index (χ1) is 46.4. The van der Waals surface area contributed by atoms with Crippen molar-refractivity contribution in [2.75, 3.05) is 0 Å². The molecule has 0 aliphatic heterocycles. The number of fused-ring (bicyclic) bond motifs is 12. The van der Waals surface area contributed by atoms with Crippen molar-refractivity contribution in [2.24, 2.45) is 0 Å². The van der Waals surface area contributed by atoms with E-state index in [0.29, 0.717) is 28.7 Å². The molecule has 0 aliphatic carbocycles. The maximum absolute atomic E-state index is 11.9. The van der Waals surface area contributed by atoms with E-state index in [2.05, 4.69) is 287 Å². The molecule has 0 spiro atoms. The Morgan fingerprint density at radius 2 is 0.625 bits per heavy atom. The van der Waals surface area contributed by atoms with E-state index >= 15 is 0 Å². The summed E-state index contributed by atoms with van der Waals surface area (Å²) in [6.45, 7) is 19.8. The molecular formula is C88H66N8. The zero-order chi connectivity index (χ0) is 66.2. The zero-order valence-corrected chi connectivity index (χ0v) is 55.1. The predicted molar refractivity (Wildman–Crippen MR) is 394 cm³/mol.